The van der Waals surface area contributed by atoms with E-state index in [4.69, 9.17) is 4.74 Å². The van der Waals surface area contributed by atoms with E-state index in [9.17, 15) is 4.79 Å². The molecule has 2 N–H and O–H groups in total. The summed E-state index contributed by atoms with van der Waals surface area (Å²) in [4.78, 5) is 13.6. The van der Waals surface area contributed by atoms with Crippen molar-refractivity contribution in [1.82, 2.24) is 5.32 Å². The minimum absolute atomic E-state index is 0.0164. The fourth-order valence-electron chi connectivity index (χ4n) is 3.01. The third kappa shape index (κ3) is 5.21. The Morgan fingerprint density at radius 1 is 1.04 bits per heavy atom. The van der Waals surface area contributed by atoms with E-state index in [1.165, 1.54) is 10.4 Å². The van der Waals surface area contributed by atoms with Crippen molar-refractivity contribution in [1.29, 1.82) is 0 Å². The van der Waals surface area contributed by atoms with Gasteiger partial charge in [-0.15, -0.1) is 11.3 Å². The maximum absolute atomic E-state index is 12.4. The van der Waals surface area contributed by atoms with Crippen LogP contribution in [0.4, 0.5) is 5.69 Å². The summed E-state index contributed by atoms with van der Waals surface area (Å²) in [5, 5.41) is 8.38. The average Bonchev–Trinajstić information content (AvgIpc) is 3.23. The van der Waals surface area contributed by atoms with Gasteiger partial charge in [0.2, 0.25) is 5.91 Å². The number of anilines is 1. The Labute approximate surface area is 170 Å². The van der Waals surface area contributed by atoms with Gasteiger partial charge in [0, 0.05) is 16.6 Å². The summed E-state index contributed by atoms with van der Waals surface area (Å²) >= 11 is 1.69. The maximum Gasteiger partial charge on any atom is 0.238 e. The van der Waals surface area contributed by atoms with Crippen LogP contribution in [0.25, 0.3) is 0 Å². The fourth-order valence-corrected chi connectivity index (χ4v) is 3.84. The molecule has 0 spiro atoms. The second kappa shape index (κ2) is 9.53. The number of methoxy groups -OCH3 is 1. The minimum Gasteiger partial charge on any atom is -0.497 e. The van der Waals surface area contributed by atoms with Crippen molar-refractivity contribution in [3.05, 3.63) is 82.0 Å². The molecule has 5 heteroatoms. The van der Waals surface area contributed by atoms with Crippen molar-refractivity contribution in [2.75, 3.05) is 19.0 Å². The standard InChI is InChI=1S/C23H26N2O2S/c1-16(2)17-9-11-18(12-10-17)23(21-8-5-13-28-21)24-15-22(26)25-19-6-4-7-20(14-19)27-3/h4-14,16,23-24H,15H2,1-3H3,(H,25,26)/t23-/m1/s1. The van der Waals surface area contributed by atoms with Gasteiger partial charge in [0.15, 0.2) is 0 Å². The van der Waals surface area contributed by atoms with Crippen LogP contribution in [-0.2, 0) is 4.79 Å². The van der Waals surface area contributed by atoms with Crippen molar-refractivity contribution in [3.63, 3.8) is 0 Å². The Hall–Kier alpha value is -2.63. The molecule has 0 aliphatic carbocycles. The van der Waals surface area contributed by atoms with Crippen LogP contribution in [0.3, 0.4) is 0 Å². The number of hydrogen-bond donors (Lipinski definition) is 2. The third-order valence-corrected chi connectivity index (χ3v) is 5.52. The lowest BCUT2D eigenvalue weighted by Gasteiger charge is -2.19. The highest BCUT2D eigenvalue weighted by Crippen LogP contribution is 2.27. The quantitative estimate of drug-likeness (QED) is 0.552. The molecule has 0 aliphatic rings. The number of amides is 1. The molecule has 1 amide bonds. The van der Waals surface area contributed by atoms with E-state index in [1.807, 2.05) is 24.3 Å². The molecule has 0 saturated heterocycles. The molecule has 2 aromatic carbocycles. The summed E-state index contributed by atoms with van der Waals surface area (Å²) in [6.07, 6.45) is 0. The second-order valence-electron chi connectivity index (χ2n) is 6.93. The largest absolute Gasteiger partial charge is 0.497 e. The number of thiophene rings is 1. The van der Waals surface area contributed by atoms with Crippen molar-refractivity contribution < 1.29 is 9.53 Å². The van der Waals surface area contributed by atoms with Gasteiger partial charge in [-0.25, -0.2) is 0 Å². The molecular formula is C23H26N2O2S. The fraction of sp³-hybridized carbons (Fsp3) is 0.261. The lowest BCUT2D eigenvalue weighted by Crippen LogP contribution is -2.31. The van der Waals surface area contributed by atoms with Crippen LogP contribution in [0, 0.1) is 0 Å². The van der Waals surface area contributed by atoms with Crippen LogP contribution < -0.4 is 15.4 Å². The molecule has 146 valence electrons. The summed E-state index contributed by atoms with van der Waals surface area (Å²) in [7, 11) is 1.61. The number of hydrogen-bond acceptors (Lipinski definition) is 4. The number of carbonyl (C=O) groups excluding carboxylic acids is 1. The molecule has 0 radical (unpaired) electrons. The summed E-state index contributed by atoms with van der Waals surface area (Å²) in [5.41, 5.74) is 3.19. The molecule has 0 aliphatic heterocycles. The minimum atomic E-state index is -0.0893. The van der Waals surface area contributed by atoms with Gasteiger partial charge >= 0.3 is 0 Å². The molecule has 0 bridgehead atoms. The Balaban J connectivity index is 1.69. The third-order valence-electron chi connectivity index (χ3n) is 4.58. The van der Waals surface area contributed by atoms with E-state index in [2.05, 4.69) is 60.2 Å². The number of benzene rings is 2. The normalized spacial score (nSPS) is 12.0. The van der Waals surface area contributed by atoms with Crippen molar-refractivity contribution in [2.24, 2.45) is 0 Å². The van der Waals surface area contributed by atoms with Gasteiger partial charge in [-0.2, -0.15) is 0 Å². The molecule has 4 nitrogen and oxygen atoms in total. The van der Waals surface area contributed by atoms with Gasteiger partial charge in [-0.3, -0.25) is 10.1 Å². The molecule has 1 atom stereocenters. The first kappa shape index (κ1) is 20.1. The number of rotatable bonds is 8. The first-order valence-corrected chi connectivity index (χ1v) is 10.3. The molecule has 3 aromatic rings. The van der Waals surface area contributed by atoms with Gasteiger partial charge in [0.1, 0.15) is 5.75 Å². The van der Waals surface area contributed by atoms with Crippen LogP contribution in [0.15, 0.2) is 66.0 Å². The molecular weight excluding hydrogens is 368 g/mol. The Kier molecular flexibility index (Phi) is 6.85. The summed E-state index contributed by atoms with van der Waals surface area (Å²) in [5.74, 6) is 1.12. The molecule has 0 fully saturated rings. The highest BCUT2D eigenvalue weighted by molar-refractivity contribution is 7.10. The first-order valence-electron chi connectivity index (χ1n) is 9.37. The van der Waals surface area contributed by atoms with Gasteiger partial charge in [-0.05, 0) is 40.6 Å². The number of nitrogens with one attached hydrogen (secondary N) is 2. The number of carbonyl (C=O) groups is 1. The molecule has 3 rings (SSSR count). The molecule has 1 aromatic heterocycles. The van der Waals surface area contributed by atoms with Crippen LogP contribution in [0.1, 0.15) is 41.8 Å². The van der Waals surface area contributed by atoms with Gasteiger partial charge in [0.25, 0.3) is 0 Å². The van der Waals surface area contributed by atoms with Crippen LogP contribution in [0.5, 0.6) is 5.75 Å². The van der Waals surface area contributed by atoms with E-state index in [1.54, 1.807) is 24.5 Å². The van der Waals surface area contributed by atoms with E-state index < -0.39 is 0 Å². The Morgan fingerprint density at radius 3 is 2.43 bits per heavy atom. The molecule has 0 unspecified atom stereocenters. The highest BCUT2D eigenvalue weighted by atomic mass is 32.1. The zero-order chi connectivity index (χ0) is 19.9. The molecule has 28 heavy (non-hydrogen) atoms. The SMILES string of the molecule is COc1cccc(NC(=O)CN[C@H](c2ccc(C(C)C)cc2)c2cccs2)c1. The average molecular weight is 395 g/mol. The van der Waals surface area contributed by atoms with E-state index in [0.29, 0.717) is 11.7 Å². The van der Waals surface area contributed by atoms with Crippen molar-refractivity contribution in [3.8, 4) is 5.75 Å². The van der Waals surface area contributed by atoms with Gasteiger partial charge < -0.3 is 10.1 Å². The van der Waals surface area contributed by atoms with Gasteiger partial charge in [-0.1, -0.05) is 50.2 Å². The summed E-state index contributed by atoms with van der Waals surface area (Å²) in [6.45, 7) is 4.59. The monoisotopic (exact) mass is 394 g/mol. The van der Waals surface area contributed by atoms with E-state index in [0.717, 1.165) is 11.3 Å². The van der Waals surface area contributed by atoms with Gasteiger partial charge in [0.05, 0.1) is 19.7 Å². The smallest absolute Gasteiger partial charge is 0.238 e. The maximum atomic E-state index is 12.4. The Morgan fingerprint density at radius 2 is 1.79 bits per heavy atom. The van der Waals surface area contributed by atoms with Crippen LogP contribution in [-0.4, -0.2) is 19.6 Å². The topological polar surface area (TPSA) is 50.4 Å². The van der Waals surface area contributed by atoms with E-state index >= 15 is 0 Å². The lowest BCUT2D eigenvalue weighted by atomic mass is 9.98. The summed E-state index contributed by atoms with van der Waals surface area (Å²) < 4.78 is 5.20. The lowest BCUT2D eigenvalue weighted by molar-refractivity contribution is -0.115. The Bertz CT molecular complexity index is 889. The number of ether oxygens (including phenoxy) is 1. The van der Waals surface area contributed by atoms with E-state index in [-0.39, 0.29) is 18.5 Å². The molecule has 0 saturated carbocycles. The predicted octanol–water partition coefficient (Wildman–Crippen LogP) is 5.20. The molecule has 1 heterocycles. The van der Waals surface area contributed by atoms with Crippen LogP contribution >= 0.6 is 11.3 Å². The predicted molar refractivity (Wildman–Crippen MR) is 116 cm³/mol. The van der Waals surface area contributed by atoms with Crippen molar-refractivity contribution in [2.45, 2.75) is 25.8 Å². The zero-order valence-electron chi connectivity index (χ0n) is 16.4. The van der Waals surface area contributed by atoms with Crippen LogP contribution in [0.2, 0.25) is 0 Å². The zero-order valence-corrected chi connectivity index (χ0v) is 17.3. The van der Waals surface area contributed by atoms with Crippen molar-refractivity contribution >= 4 is 22.9 Å². The first-order chi connectivity index (χ1) is 13.6. The summed E-state index contributed by atoms with van der Waals surface area (Å²) in [6, 6.07) is 20.1. The second-order valence-corrected chi connectivity index (χ2v) is 7.91. The highest BCUT2D eigenvalue weighted by Gasteiger charge is 2.16.